The van der Waals surface area contributed by atoms with Gasteiger partial charge >= 0.3 is 0 Å². The van der Waals surface area contributed by atoms with Crippen molar-refractivity contribution >= 4 is 0 Å². The van der Waals surface area contributed by atoms with Gasteiger partial charge in [-0.2, -0.15) is 0 Å². The summed E-state index contributed by atoms with van der Waals surface area (Å²) in [5.74, 6) is 0. The zero-order chi connectivity index (χ0) is 9.40. The molecule has 0 aromatic rings. The van der Waals surface area contributed by atoms with Gasteiger partial charge in [0.05, 0.1) is 38.6 Å². The van der Waals surface area contributed by atoms with Crippen LogP contribution < -0.4 is 0 Å². The van der Waals surface area contributed by atoms with E-state index >= 15 is 0 Å². The van der Waals surface area contributed by atoms with Gasteiger partial charge in [-0.1, -0.05) is 14.9 Å². The largest absolute Gasteiger partial charge is 0.394 e. The van der Waals surface area contributed by atoms with E-state index in [4.69, 9.17) is 19.7 Å². The van der Waals surface area contributed by atoms with E-state index in [1.807, 2.05) is 0 Å². The van der Waals surface area contributed by atoms with Gasteiger partial charge in [-0.05, 0) is 13.8 Å². The number of aliphatic hydroxyl groups is 2. The van der Waals surface area contributed by atoms with Crippen LogP contribution in [0, 0.1) is 0 Å². The molecule has 4 nitrogen and oxygen atoms in total. The molecule has 2 unspecified atom stereocenters. The Bertz CT molecular complexity index is 96.1. The molecule has 0 amide bonds. The van der Waals surface area contributed by atoms with E-state index < -0.39 is 6.10 Å². The Hall–Kier alpha value is -0.160. The Morgan fingerprint density at radius 2 is 1.71 bits per heavy atom. The third-order valence-corrected chi connectivity index (χ3v) is 1.25. The average Bonchev–Trinajstić information content (AvgIpc) is 2.03. The zero-order valence-corrected chi connectivity index (χ0v) is 7.69. The second kappa shape index (κ2) is 12.8. The second-order valence-corrected chi connectivity index (χ2v) is 2.79. The molecular weight excluding hydrogens is 184 g/mol. The molecule has 0 aliphatic rings. The first kappa shape index (κ1) is 19.4. The minimum atomic E-state index is -0.430. The number of aliphatic hydroxyl groups excluding tert-OH is 2. The molecule has 0 aromatic heterocycles. The molecule has 2 atom stereocenters. The normalized spacial score (nSPS) is 13.7. The van der Waals surface area contributed by atoms with E-state index in [0.717, 1.165) is 0 Å². The van der Waals surface area contributed by atoms with Gasteiger partial charge in [-0.3, -0.25) is 0 Å². The minimum Gasteiger partial charge on any atom is -0.394 e. The summed E-state index contributed by atoms with van der Waals surface area (Å²) in [4.78, 5) is 0. The topological polar surface area (TPSA) is 58.9 Å². The summed E-state index contributed by atoms with van der Waals surface area (Å²) in [6, 6.07) is 0. The zero-order valence-electron chi connectivity index (χ0n) is 7.69. The lowest BCUT2D eigenvalue weighted by Crippen LogP contribution is -2.18. The van der Waals surface area contributed by atoms with E-state index in [-0.39, 0.29) is 27.6 Å². The van der Waals surface area contributed by atoms with Crippen LogP contribution in [-0.2, 0) is 9.47 Å². The summed E-state index contributed by atoms with van der Waals surface area (Å²) in [5.41, 5.74) is 0. The van der Waals surface area contributed by atoms with Crippen molar-refractivity contribution < 1.29 is 19.7 Å². The number of rotatable bonds is 7. The average molecular weight is 210 g/mol. The summed E-state index contributed by atoms with van der Waals surface area (Å²) >= 11 is 0. The highest BCUT2D eigenvalue weighted by Gasteiger charge is 1.99. The maximum Gasteiger partial charge on any atom is 0.0778 e. The maximum absolute atomic E-state index is 8.80. The fourth-order valence-corrected chi connectivity index (χ4v) is 0.615. The lowest BCUT2D eigenvalue weighted by atomic mass is 10.4. The molecule has 0 aromatic carbocycles. The molecule has 2 N–H and O–H groups in total. The van der Waals surface area contributed by atoms with Gasteiger partial charge in [-0.25, -0.2) is 0 Å². The first-order valence-electron chi connectivity index (χ1n) is 4.15. The van der Waals surface area contributed by atoms with E-state index in [1.165, 1.54) is 0 Å². The van der Waals surface area contributed by atoms with Crippen molar-refractivity contribution in [2.24, 2.45) is 0 Å². The van der Waals surface area contributed by atoms with E-state index in [9.17, 15) is 0 Å². The van der Waals surface area contributed by atoms with Crippen LogP contribution in [0.1, 0.15) is 28.7 Å². The van der Waals surface area contributed by atoms with Crippen molar-refractivity contribution in [1.82, 2.24) is 0 Å². The van der Waals surface area contributed by atoms with E-state index in [1.54, 1.807) is 13.8 Å². The van der Waals surface area contributed by atoms with E-state index in [0.29, 0.717) is 19.8 Å². The first-order valence-corrected chi connectivity index (χ1v) is 4.15. The monoisotopic (exact) mass is 210 g/mol. The molecule has 0 aliphatic heterocycles. The Balaban J connectivity index is -0.000000605. The molecule has 0 radical (unpaired) electrons. The number of hydrogen-bond donors (Lipinski definition) is 2. The molecule has 0 spiro atoms. The van der Waals surface area contributed by atoms with Crippen LogP contribution >= 0.6 is 0 Å². The fourth-order valence-electron chi connectivity index (χ4n) is 0.615. The highest BCUT2D eigenvalue weighted by molar-refractivity contribution is 4.45. The molecule has 0 bridgehead atoms. The predicted octanol–water partition coefficient (Wildman–Crippen LogP) is 1.05. The van der Waals surface area contributed by atoms with Crippen LogP contribution in [0.3, 0.4) is 0 Å². The highest BCUT2D eigenvalue weighted by Crippen LogP contribution is 1.89. The molecule has 0 fully saturated rings. The predicted molar refractivity (Wildman–Crippen MR) is 58.5 cm³/mol. The molecule has 90 valence electrons. The standard InChI is InChI=1S/C8H18O4.2CH4/c1-7(10)6-11-3-4-12-8(2)5-9;;/h7-10H,3-6H2,1-2H3;2*1H4. The summed E-state index contributed by atoms with van der Waals surface area (Å²) < 4.78 is 10.1. The Kier molecular flexibility index (Phi) is 17.8. The lowest BCUT2D eigenvalue weighted by molar-refractivity contribution is -0.0253. The Morgan fingerprint density at radius 3 is 2.14 bits per heavy atom. The highest BCUT2D eigenvalue weighted by atomic mass is 16.5. The van der Waals surface area contributed by atoms with Gasteiger partial charge in [0.15, 0.2) is 0 Å². The second-order valence-electron chi connectivity index (χ2n) is 2.79. The minimum absolute atomic E-state index is 0. The first-order chi connectivity index (χ1) is 5.66. The van der Waals surface area contributed by atoms with Crippen LogP contribution in [0.5, 0.6) is 0 Å². The molecule has 4 heteroatoms. The third kappa shape index (κ3) is 14.4. The van der Waals surface area contributed by atoms with Gasteiger partial charge in [0.2, 0.25) is 0 Å². The summed E-state index contributed by atoms with van der Waals surface area (Å²) in [5, 5.41) is 17.4. The number of hydrogen-bond acceptors (Lipinski definition) is 4. The van der Waals surface area contributed by atoms with E-state index in [2.05, 4.69) is 0 Å². The van der Waals surface area contributed by atoms with Crippen LogP contribution in [0.25, 0.3) is 0 Å². The summed E-state index contributed by atoms with van der Waals surface area (Å²) in [6.45, 7) is 4.71. The molecule has 0 rings (SSSR count). The van der Waals surface area contributed by atoms with Crippen molar-refractivity contribution in [3.05, 3.63) is 0 Å². The van der Waals surface area contributed by atoms with Crippen molar-refractivity contribution in [3.63, 3.8) is 0 Å². The molecule has 0 saturated heterocycles. The number of ether oxygens (including phenoxy) is 2. The summed E-state index contributed by atoms with van der Waals surface area (Å²) in [7, 11) is 0. The van der Waals surface area contributed by atoms with Crippen LogP contribution in [0.4, 0.5) is 0 Å². The van der Waals surface area contributed by atoms with Crippen molar-refractivity contribution in [3.8, 4) is 0 Å². The van der Waals surface area contributed by atoms with Gasteiger partial charge in [0.25, 0.3) is 0 Å². The van der Waals surface area contributed by atoms with Gasteiger partial charge < -0.3 is 19.7 Å². The molecular formula is C10H26O4. The molecule has 14 heavy (non-hydrogen) atoms. The van der Waals surface area contributed by atoms with Crippen molar-refractivity contribution in [1.29, 1.82) is 0 Å². The third-order valence-electron chi connectivity index (χ3n) is 1.25. The smallest absolute Gasteiger partial charge is 0.0778 e. The van der Waals surface area contributed by atoms with Crippen LogP contribution in [-0.4, -0.2) is 48.8 Å². The SMILES string of the molecule is C.C.CC(O)COCCOC(C)CO. The van der Waals surface area contributed by atoms with Crippen molar-refractivity contribution in [2.45, 2.75) is 40.9 Å². The quantitative estimate of drug-likeness (QED) is 0.617. The van der Waals surface area contributed by atoms with Gasteiger partial charge in [0, 0.05) is 0 Å². The van der Waals surface area contributed by atoms with Crippen molar-refractivity contribution in [2.75, 3.05) is 26.4 Å². The van der Waals surface area contributed by atoms with Crippen LogP contribution in [0.15, 0.2) is 0 Å². The van der Waals surface area contributed by atoms with Gasteiger partial charge in [0.1, 0.15) is 0 Å². The molecule has 0 saturated carbocycles. The summed E-state index contributed by atoms with van der Waals surface area (Å²) in [6.07, 6.45) is -0.569. The Labute approximate surface area is 87.9 Å². The Morgan fingerprint density at radius 1 is 1.14 bits per heavy atom. The molecule has 0 aliphatic carbocycles. The van der Waals surface area contributed by atoms with Crippen LogP contribution in [0.2, 0.25) is 0 Å². The lowest BCUT2D eigenvalue weighted by Gasteiger charge is -2.10. The van der Waals surface area contributed by atoms with Gasteiger partial charge in [-0.15, -0.1) is 0 Å². The fraction of sp³-hybridized carbons (Fsp3) is 1.00. The molecule has 0 heterocycles. The maximum atomic E-state index is 8.80.